The van der Waals surface area contributed by atoms with Crippen LogP contribution in [0.2, 0.25) is 0 Å². The zero-order valence-electron chi connectivity index (χ0n) is 10.9. The first kappa shape index (κ1) is 13.0. The topological polar surface area (TPSA) is 75.4 Å². The number of carboxylic acids is 1. The number of aliphatic carboxylic acids is 1. The average molecular weight is 321 g/mol. The van der Waals surface area contributed by atoms with Crippen LogP contribution in [0.5, 0.6) is 0 Å². The van der Waals surface area contributed by atoms with Gasteiger partial charge < -0.3 is 9.67 Å². The SMILES string of the molecule is O=C(O)C1=CSC2/C(=C/c3cn4c(n3)CSCC4)C(=O)N12. The minimum absolute atomic E-state index is 0.0627. The lowest BCUT2D eigenvalue weighted by Gasteiger charge is -2.36. The average Bonchev–Trinajstić information content (AvgIpc) is 3.05. The molecule has 3 aliphatic rings. The van der Waals surface area contributed by atoms with Crippen LogP contribution in [-0.4, -0.2) is 42.6 Å². The zero-order valence-corrected chi connectivity index (χ0v) is 12.5. The van der Waals surface area contributed by atoms with Crippen molar-refractivity contribution in [2.75, 3.05) is 5.75 Å². The summed E-state index contributed by atoms with van der Waals surface area (Å²) in [5.74, 6) is 1.71. The van der Waals surface area contributed by atoms with E-state index in [0.717, 1.165) is 29.6 Å². The molecule has 108 valence electrons. The number of carboxylic acid groups (broad SMARTS) is 1. The van der Waals surface area contributed by atoms with Crippen LogP contribution in [0.3, 0.4) is 0 Å². The lowest BCUT2D eigenvalue weighted by Crippen LogP contribution is -2.51. The lowest BCUT2D eigenvalue weighted by molar-refractivity contribution is -0.141. The van der Waals surface area contributed by atoms with Crippen LogP contribution in [0.1, 0.15) is 11.5 Å². The fourth-order valence-corrected chi connectivity index (χ4v) is 4.61. The quantitative estimate of drug-likeness (QED) is 0.655. The highest BCUT2D eigenvalue weighted by atomic mass is 32.2. The van der Waals surface area contributed by atoms with Crippen molar-refractivity contribution in [2.45, 2.75) is 17.7 Å². The summed E-state index contributed by atoms with van der Waals surface area (Å²) in [5, 5.41) is 10.3. The predicted molar refractivity (Wildman–Crippen MR) is 80.3 cm³/mol. The zero-order chi connectivity index (χ0) is 14.6. The van der Waals surface area contributed by atoms with Gasteiger partial charge in [-0.05, 0) is 6.08 Å². The maximum absolute atomic E-state index is 12.1. The van der Waals surface area contributed by atoms with Gasteiger partial charge >= 0.3 is 5.97 Å². The molecule has 1 unspecified atom stereocenters. The van der Waals surface area contributed by atoms with E-state index in [1.165, 1.54) is 22.1 Å². The van der Waals surface area contributed by atoms with Crippen LogP contribution in [0.25, 0.3) is 6.08 Å². The van der Waals surface area contributed by atoms with Gasteiger partial charge in [-0.25, -0.2) is 9.78 Å². The number of rotatable bonds is 2. The number of fused-ring (bicyclic) bond motifs is 2. The smallest absolute Gasteiger partial charge is 0.353 e. The third-order valence-corrected chi connectivity index (χ3v) is 5.66. The summed E-state index contributed by atoms with van der Waals surface area (Å²) in [6, 6.07) is 0. The van der Waals surface area contributed by atoms with Crippen LogP contribution in [-0.2, 0) is 21.9 Å². The molecule has 4 rings (SSSR count). The van der Waals surface area contributed by atoms with Crippen molar-refractivity contribution in [3.05, 3.63) is 34.4 Å². The van der Waals surface area contributed by atoms with Crippen molar-refractivity contribution in [1.82, 2.24) is 14.5 Å². The Balaban J connectivity index is 1.60. The van der Waals surface area contributed by atoms with Gasteiger partial charge in [0.1, 0.15) is 16.9 Å². The van der Waals surface area contributed by atoms with Crippen LogP contribution in [0, 0.1) is 0 Å². The van der Waals surface area contributed by atoms with Gasteiger partial charge in [0.05, 0.1) is 17.0 Å². The van der Waals surface area contributed by atoms with E-state index in [1.54, 1.807) is 6.08 Å². The van der Waals surface area contributed by atoms with E-state index in [2.05, 4.69) is 9.55 Å². The fraction of sp³-hybridized carbons (Fsp3) is 0.308. The summed E-state index contributed by atoms with van der Waals surface area (Å²) < 4.78 is 2.12. The molecule has 1 amide bonds. The van der Waals surface area contributed by atoms with E-state index in [0.29, 0.717) is 5.57 Å². The molecule has 8 heteroatoms. The van der Waals surface area contributed by atoms with E-state index >= 15 is 0 Å². The maximum Gasteiger partial charge on any atom is 0.353 e. The molecule has 3 aliphatic heterocycles. The Morgan fingerprint density at radius 3 is 3.14 bits per heavy atom. The Bertz CT molecular complexity index is 699. The van der Waals surface area contributed by atoms with Gasteiger partial charge in [0, 0.05) is 23.9 Å². The van der Waals surface area contributed by atoms with Crippen LogP contribution in [0.15, 0.2) is 22.9 Å². The summed E-state index contributed by atoms with van der Waals surface area (Å²) in [7, 11) is 0. The Kier molecular flexibility index (Phi) is 2.90. The van der Waals surface area contributed by atoms with Gasteiger partial charge in [0.25, 0.3) is 5.91 Å². The van der Waals surface area contributed by atoms with Crippen molar-refractivity contribution in [3.8, 4) is 0 Å². The number of nitrogens with zero attached hydrogens (tertiary/aromatic N) is 3. The number of imidazole rings is 1. The largest absolute Gasteiger partial charge is 0.477 e. The van der Waals surface area contributed by atoms with Gasteiger partial charge in [-0.2, -0.15) is 11.8 Å². The van der Waals surface area contributed by atoms with Crippen LogP contribution >= 0.6 is 23.5 Å². The monoisotopic (exact) mass is 321 g/mol. The first-order chi connectivity index (χ1) is 10.1. The number of carbonyl (C=O) groups excluding carboxylic acids is 1. The van der Waals surface area contributed by atoms with E-state index < -0.39 is 5.97 Å². The van der Waals surface area contributed by atoms with Gasteiger partial charge in [-0.1, -0.05) is 0 Å². The molecule has 1 aromatic heterocycles. The molecule has 0 spiro atoms. The Morgan fingerprint density at radius 2 is 2.38 bits per heavy atom. The number of aryl methyl sites for hydroxylation is 1. The lowest BCUT2D eigenvalue weighted by atomic mass is 10.0. The van der Waals surface area contributed by atoms with E-state index in [4.69, 9.17) is 5.11 Å². The molecule has 6 nitrogen and oxygen atoms in total. The molecule has 0 bridgehead atoms. The summed E-state index contributed by atoms with van der Waals surface area (Å²) >= 11 is 3.20. The number of aromatic nitrogens is 2. The maximum atomic E-state index is 12.1. The third-order valence-electron chi connectivity index (χ3n) is 3.64. The van der Waals surface area contributed by atoms with E-state index in [9.17, 15) is 9.59 Å². The minimum atomic E-state index is -1.06. The highest BCUT2D eigenvalue weighted by Gasteiger charge is 2.49. The first-order valence-corrected chi connectivity index (χ1v) is 8.53. The van der Waals surface area contributed by atoms with Crippen molar-refractivity contribution < 1.29 is 14.7 Å². The Hall–Kier alpha value is -1.67. The molecular weight excluding hydrogens is 310 g/mol. The number of β-lactam (4-membered cyclic amide) rings is 1. The molecule has 1 N–H and O–H groups in total. The molecule has 1 aromatic rings. The molecule has 0 aliphatic carbocycles. The van der Waals surface area contributed by atoms with Crippen molar-refractivity contribution in [2.24, 2.45) is 0 Å². The van der Waals surface area contributed by atoms with E-state index in [1.807, 2.05) is 18.0 Å². The second-order valence-electron chi connectivity index (χ2n) is 4.90. The van der Waals surface area contributed by atoms with Crippen LogP contribution in [0.4, 0.5) is 0 Å². The van der Waals surface area contributed by atoms with Gasteiger partial charge in [0.2, 0.25) is 0 Å². The number of thioether (sulfide) groups is 2. The molecule has 4 heterocycles. The number of hydrogen-bond donors (Lipinski definition) is 1. The van der Waals surface area contributed by atoms with Crippen molar-refractivity contribution in [1.29, 1.82) is 0 Å². The summed E-state index contributed by atoms with van der Waals surface area (Å²) in [4.78, 5) is 29.0. The second-order valence-corrected chi connectivity index (χ2v) is 6.96. The number of hydrogen-bond acceptors (Lipinski definition) is 5. The molecule has 1 fully saturated rings. The van der Waals surface area contributed by atoms with Crippen molar-refractivity contribution >= 4 is 41.5 Å². The summed E-state index contributed by atoms with van der Waals surface area (Å²) in [6.45, 7) is 0.944. The third kappa shape index (κ3) is 1.93. The predicted octanol–water partition coefficient (Wildman–Crippen LogP) is 1.35. The highest BCUT2D eigenvalue weighted by molar-refractivity contribution is 8.03. The molecular formula is C13H11N3O3S2. The Labute approximate surface area is 128 Å². The molecule has 0 saturated carbocycles. The summed E-state index contributed by atoms with van der Waals surface area (Å²) in [5.41, 5.74) is 1.46. The first-order valence-electron chi connectivity index (χ1n) is 6.43. The number of amides is 1. The molecule has 21 heavy (non-hydrogen) atoms. The van der Waals surface area contributed by atoms with Gasteiger partial charge in [0.15, 0.2) is 0 Å². The van der Waals surface area contributed by atoms with Gasteiger partial charge in [-0.3, -0.25) is 9.69 Å². The number of carbonyl (C=O) groups is 2. The van der Waals surface area contributed by atoms with Crippen LogP contribution < -0.4 is 0 Å². The summed E-state index contributed by atoms with van der Waals surface area (Å²) in [6.07, 6.45) is 3.74. The highest BCUT2D eigenvalue weighted by Crippen LogP contribution is 2.45. The standard InChI is InChI=1S/C13H11N3O3S2/c17-11-8(12-16(11)9(5-21-12)13(18)19)3-7-4-15-1-2-20-6-10(15)14-7/h3-5,12H,1-2,6H2,(H,18,19)/b8-3+. The molecule has 1 atom stereocenters. The van der Waals surface area contributed by atoms with Gasteiger partial charge in [-0.15, -0.1) is 11.8 Å². The molecule has 0 radical (unpaired) electrons. The fourth-order valence-electron chi connectivity index (χ4n) is 2.61. The minimum Gasteiger partial charge on any atom is -0.477 e. The normalized spacial score (nSPS) is 25.4. The van der Waals surface area contributed by atoms with E-state index in [-0.39, 0.29) is 17.0 Å². The second kappa shape index (κ2) is 4.67. The Morgan fingerprint density at radius 1 is 1.52 bits per heavy atom. The molecule has 1 saturated heterocycles. The van der Waals surface area contributed by atoms with Crippen molar-refractivity contribution in [3.63, 3.8) is 0 Å². The molecule has 0 aromatic carbocycles.